The summed E-state index contributed by atoms with van der Waals surface area (Å²) in [5, 5.41) is 5.50. The summed E-state index contributed by atoms with van der Waals surface area (Å²) in [6.45, 7) is 4.49. The molecular formula is C17H25F2N3O3. The van der Waals surface area contributed by atoms with Crippen LogP contribution in [0.2, 0.25) is 0 Å². The molecule has 0 aliphatic carbocycles. The standard InChI is InChI=1S/C17H25F2N3O3/c1-11(22(5)10-14(23)21-17(2,3)4)15(24)20-12-6-8-13(9-7-12)25-16(18)19/h6-9,11,16H,10H2,1-5H3,(H,20,24)(H,21,23). The predicted octanol–water partition coefficient (Wildman–Crippen LogP) is 2.46. The van der Waals surface area contributed by atoms with Gasteiger partial charge in [-0.15, -0.1) is 0 Å². The summed E-state index contributed by atoms with van der Waals surface area (Å²) < 4.78 is 28.5. The van der Waals surface area contributed by atoms with Gasteiger partial charge in [0.25, 0.3) is 0 Å². The molecule has 0 bridgehead atoms. The van der Waals surface area contributed by atoms with E-state index in [1.165, 1.54) is 24.3 Å². The number of hydrogen-bond acceptors (Lipinski definition) is 4. The highest BCUT2D eigenvalue weighted by Crippen LogP contribution is 2.18. The quantitative estimate of drug-likeness (QED) is 0.786. The van der Waals surface area contributed by atoms with Gasteiger partial charge in [-0.1, -0.05) is 0 Å². The second kappa shape index (κ2) is 8.75. The Labute approximate surface area is 146 Å². The molecule has 0 aliphatic heterocycles. The lowest BCUT2D eigenvalue weighted by atomic mass is 10.1. The highest BCUT2D eigenvalue weighted by Gasteiger charge is 2.22. The van der Waals surface area contributed by atoms with Crippen LogP contribution in [-0.2, 0) is 9.59 Å². The average Bonchev–Trinajstić information content (AvgIpc) is 2.45. The SMILES string of the molecule is CC(C(=O)Nc1ccc(OC(F)F)cc1)N(C)CC(=O)NC(C)(C)C. The third kappa shape index (κ3) is 7.93. The van der Waals surface area contributed by atoms with Crippen LogP contribution in [0, 0.1) is 0 Å². The van der Waals surface area contributed by atoms with Gasteiger partial charge in [-0.05, 0) is 59.0 Å². The zero-order chi connectivity index (χ0) is 19.2. The Morgan fingerprint density at radius 3 is 2.24 bits per heavy atom. The van der Waals surface area contributed by atoms with Gasteiger partial charge in [0.05, 0.1) is 12.6 Å². The number of hydrogen-bond donors (Lipinski definition) is 2. The summed E-state index contributed by atoms with van der Waals surface area (Å²) in [4.78, 5) is 25.8. The average molecular weight is 357 g/mol. The van der Waals surface area contributed by atoms with Crippen molar-refractivity contribution in [2.75, 3.05) is 18.9 Å². The third-order valence-corrected chi connectivity index (χ3v) is 3.30. The van der Waals surface area contributed by atoms with Crippen LogP contribution in [0.5, 0.6) is 5.75 Å². The Balaban J connectivity index is 2.56. The van der Waals surface area contributed by atoms with Crippen molar-refractivity contribution in [2.45, 2.75) is 45.9 Å². The zero-order valence-electron chi connectivity index (χ0n) is 15.1. The molecule has 2 N–H and O–H groups in total. The number of anilines is 1. The smallest absolute Gasteiger partial charge is 0.387 e. The summed E-state index contributed by atoms with van der Waals surface area (Å²) in [7, 11) is 1.67. The Hall–Kier alpha value is -2.22. The van der Waals surface area contributed by atoms with E-state index in [9.17, 15) is 18.4 Å². The fourth-order valence-electron chi connectivity index (χ4n) is 1.99. The topological polar surface area (TPSA) is 70.7 Å². The number of rotatable bonds is 7. The first-order valence-corrected chi connectivity index (χ1v) is 7.85. The van der Waals surface area contributed by atoms with Crippen molar-refractivity contribution in [2.24, 2.45) is 0 Å². The van der Waals surface area contributed by atoms with Gasteiger partial charge in [-0.2, -0.15) is 8.78 Å². The summed E-state index contributed by atoms with van der Waals surface area (Å²) in [5.74, 6) is -0.478. The van der Waals surface area contributed by atoms with Gasteiger partial charge in [0.2, 0.25) is 11.8 Å². The fourth-order valence-corrected chi connectivity index (χ4v) is 1.99. The molecule has 1 unspecified atom stereocenters. The molecule has 1 rings (SSSR count). The van der Waals surface area contributed by atoms with Crippen LogP contribution in [0.1, 0.15) is 27.7 Å². The van der Waals surface area contributed by atoms with Crippen molar-refractivity contribution in [3.63, 3.8) is 0 Å². The monoisotopic (exact) mass is 357 g/mol. The van der Waals surface area contributed by atoms with Crippen LogP contribution < -0.4 is 15.4 Å². The Morgan fingerprint density at radius 1 is 1.20 bits per heavy atom. The number of nitrogens with one attached hydrogen (secondary N) is 2. The summed E-state index contributed by atoms with van der Waals surface area (Å²) >= 11 is 0. The van der Waals surface area contributed by atoms with Crippen LogP contribution in [0.3, 0.4) is 0 Å². The Bertz CT molecular complexity index is 586. The molecule has 25 heavy (non-hydrogen) atoms. The van der Waals surface area contributed by atoms with Crippen molar-refractivity contribution in [1.29, 1.82) is 0 Å². The van der Waals surface area contributed by atoms with Crippen molar-refractivity contribution in [1.82, 2.24) is 10.2 Å². The molecular weight excluding hydrogens is 332 g/mol. The molecule has 8 heteroatoms. The van der Waals surface area contributed by atoms with Crippen LogP contribution in [0.4, 0.5) is 14.5 Å². The molecule has 140 valence electrons. The van der Waals surface area contributed by atoms with E-state index in [1.807, 2.05) is 20.8 Å². The largest absolute Gasteiger partial charge is 0.435 e. The zero-order valence-corrected chi connectivity index (χ0v) is 15.1. The maximum atomic E-state index is 12.2. The number of halogens is 2. The van der Waals surface area contributed by atoms with E-state index in [-0.39, 0.29) is 29.6 Å². The molecule has 1 aromatic rings. The minimum atomic E-state index is -2.90. The molecule has 0 fully saturated rings. The van der Waals surface area contributed by atoms with E-state index in [2.05, 4.69) is 15.4 Å². The van der Waals surface area contributed by atoms with Gasteiger partial charge in [-0.3, -0.25) is 14.5 Å². The van der Waals surface area contributed by atoms with Crippen molar-refractivity contribution in [3.8, 4) is 5.75 Å². The predicted molar refractivity (Wildman–Crippen MR) is 91.7 cm³/mol. The van der Waals surface area contributed by atoms with Gasteiger partial charge < -0.3 is 15.4 Å². The molecule has 1 aromatic carbocycles. The highest BCUT2D eigenvalue weighted by atomic mass is 19.3. The second-order valence-corrected chi connectivity index (χ2v) is 6.78. The normalized spacial score (nSPS) is 12.8. The maximum Gasteiger partial charge on any atom is 0.387 e. The van der Waals surface area contributed by atoms with E-state index >= 15 is 0 Å². The van der Waals surface area contributed by atoms with Crippen molar-refractivity contribution >= 4 is 17.5 Å². The molecule has 2 amide bonds. The van der Waals surface area contributed by atoms with E-state index in [0.717, 1.165) is 0 Å². The first kappa shape index (κ1) is 20.8. The van der Waals surface area contributed by atoms with E-state index in [0.29, 0.717) is 5.69 Å². The van der Waals surface area contributed by atoms with E-state index in [4.69, 9.17) is 0 Å². The number of carbonyl (C=O) groups excluding carboxylic acids is 2. The summed E-state index contributed by atoms with van der Waals surface area (Å²) in [6, 6.07) is 5.06. The lowest BCUT2D eigenvalue weighted by Crippen LogP contribution is -2.49. The van der Waals surface area contributed by atoms with Crippen molar-refractivity contribution in [3.05, 3.63) is 24.3 Å². The van der Waals surface area contributed by atoms with Crippen LogP contribution in [0.15, 0.2) is 24.3 Å². The lowest BCUT2D eigenvalue weighted by molar-refractivity contribution is -0.125. The third-order valence-electron chi connectivity index (χ3n) is 3.30. The van der Waals surface area contributed by atoms with Crippen LogP contribution in [0.25, 0.3) is 0 Å². The van der Waals surface area contributed by atoms with E-state index in [1.54, 1.807) is 18.9 Å². The second-order valence-electron chi connectivity index (χ2n) is 6.78. The number of likely N-dealkylation sites (N-methyl/N-ethyl adjacent to an activating group) is 1. The molecule has 0 aromatic heterocycles. The number of alkyl halides is 2. The molecule has 0 spiro atoms. The number of carbonyl (C=O) groups is 2. The number of ether oxygens (including phenoxy) is 1. The highest BCUT2D eigenvalue weighted by molar-refractivity contribution is 5.95. The van der Waals surface area contributed by atoms with Crippen molar-refractivity contribution < 1.29 is 23.1 Å². The molecule has 0 heterocycles. The first-order valence-electron chi connectivity index (χ1n) is 7.85. The molecule has 1 atom stereocenters. The number of nitrogens with zero attached hydrogens (tertiary/aromatic N) is 1. The minimum Gasteiger partial charge on any atom is -0.435 e. The summed E-state index contributed by atoms with van der Waals surface area (Å²) in [6.07, 6.45) is 0. The van der Waals surface area contributed by atoms with Gasteiger partial charge in [0.1, 0.15) is 5.75 Å². The fraction of sp³-hybridized carbons (Fsp3) is 0.529. The minimum absolute atomic E-state index is 0.0111. The van der Waals surface area contributed by atoms with Gasteiger partial charge in [-0.25, -0.2) is 0 Å². The number of benzene rings is 1. The van der Waals surface area contributed by atoms with E-state index < -0.39 is 12.7 Å². The summed E-state index contributed by atoms with van der Waals surface area (Å²) in [5.41, 5.74) is 0.108. The molecule has 6 nitrogen and oxygen atoms in total. The molecule has 0 saturated heterocycles. The van der Waals surface area contributed by atoms with Crippen LogP contribution >= 0.6 is 0 Å². The maximum absolute atomic E-state index is 12.2. The molecule has 0 saturated carbocycles. The first-order chi connectivity index (χ1) is 11.5. The number of amides is 2. The van der Waals surface area contributed by atoms with Gasteiger partial charge >= 0.3 is 6.61 Å². The van der Waals surface area contributed by atoms with Crippen LogP contribution in [-0.4, -0.2) is 48.5 Å². The lowest BCUT2D eigenvalue weighted by Gasteiger charge is -2.26. The Kier molecular flexibility index (Phi) is 7.29. The Morgan fingerprint density at radius 2 is 1.76 bits per heavy atom. The van der Waals surface area contributed by atoms with Gasteiger partial charge in [0.15, 0.2) is 0 Å². The molecule has 0 radical (unpaired) electrons. The van der Waals surface area contributed by atoms with Gasteiger partial charge in [0, 0.05) is 11.2 Å². The molecule has 0 aliphatic rings.